The van der Waals surface area contributed by atoms with Gasteiger partial charge in [0.05, 0.1) is 6.42 Å². The van der Waals surface area contributed by atoms with Crippen LogP contribution in [0.3, 0.4) is 0 Å². The van der Waals surface area contributed by atoms with Crippen molar-refractivity contribution in [3.8, 4) is 0 Å². The fraction of sp³-hybridized carbons (Fsp3) is 0.389. The van der Waals surface area contributed by atoms with Gasteiger partial charge in [-0.1, -0.05) is 35.9 Å². The topological polar surface area (TPSA) is 20.3 Å². The number of thiophene rings is 1. The average molecular weight is 332 g/mol. The summed E-state index contributed by atoms with van der Waals surface area (Å²) in [6.45, 7) is 3.82. The van der Waals surface area contributed by atoms with Crippen LogP contribution in [0.2, 0.25) is 0 Å². The van der Waals surface area contributed by atoms with E-state index in [4.69, 9.17) is 0 Å². The maximum absolute atomic E-state index is 12.5. The van der Waals surface area contributed by atoms with Crippen LogP contribution in [-0.2, 0) is 11.2 Å². The molecule has 0 N–H and O–H groups in total. The van der Waals surface area contributed by atoms with Crippen molar-refractivity contribution in [2.24, 2.45) is 0 Å². The molecule has 4 heteroatoms. The third-order valence-corrected chi connectivity index (χ3v) is 6.44. The Kier molecular flexibility index (Phi) is 5.21. The van der Waals surface area contributed by atoms with E-state index in [1.807, 2.05) is 40.1 Å². The summed E-state index contributed by atoms with van der Waals surface area (Å²) in [7, 11) is 0. The van der Waals surface area contributed by atoms with Gasteiger partial charge in [-0.05, 0) is 30.4 Å². The van der Waals surface area contributed by atoms with Crippen LogP contribution >= 0.6 is 23.1 Å². The molecule has 0 radical (unpaired) electrons. The van der Waals surface area contributed by atoms with Crippen LogP contribution < -0.4 is 0 Å². The van der Waals surface area contributed by atoms with Gasteiger partial charge in [-0.15, -0.1) is 11.3 Å². The van der Waals surface area contributed by atoms with Crippen molar-refractivity contribution in [3.05, 3.63) is 57.8 Å². The van der Waals surface area contributed by atoms with Crippen molar-refractivity contribution in [1.82, 2.24) is 4.90 Å². The summed E-state index contributed by atoms with van der Waals surface area (Å²) in [5, 5.41) is 2.69. The summed E-state index contributed by atoms with van der Waals surface area (Å²) in [6, 6.07) is 12.6. The lowest BCUT2D eigenvalue weighted by atomic mass is 10.1. The summed E-state index contributed by atoms with van der Waals surface area (Å²) in [4.78, 5) is 16.0. The molecule has 22 heavy (non-hydrogen) atoms. The van der Waals surface area contributed by atoms with Gasteiger partial charge in [0.1, 0.15) is 0 Å². The van der Waals surface area contributed by atoms with E-state index < -0.39 is 0 Å². The number of carbonyl (C=O) groups excluding carboxylic acids is 1. The molecule has 1 unspecified atom stereocenters. The monoisotopic (exact) mass is 331 g/mol. The van der Waals surface area contributed by atoms with Crippen molar-refractivity contribution in [2.75, 3.05) is 18.8 Å². The summed E-state index contributed by atoms with van der Waals surface area (Å²) < 4.78 is 0. The second-order valence-corrected chi connectivity index (χ2v) is 8.00. The zero-order chi connectivity index (χ0) is 15.4. The molecule has 2 aromatic rings. The fourth-order valence-electron chi connectivity index (χ4n) is 2.83. The molecule has 1 aromatic heterocycles. The van der Waals surface area contributed by atoms with E-state index in [9.17, 15) is 4.79 Å². The molecule has 3 rings (SSSR count). The second kappa shape index (κ2) is 7.34. The third-order valence-electron chi connectivity index (χ3n) is 3.99. The Morgan fingerprint density at radius 3 is 2.95 bits per heavy atom. The summed E-state index contributed by atoms with van der Waals surface area (Å²) in [5.41, 5.74) is 2.34. The lowest BCUT2D eigenvalue weighted by Crippen LogP contribution is -2.34. The van der Waals surface area contributed by atoms with Gasteiger partial charge in [-0.3, -0.25) is 4.79 Å². The van der Waals surface area contributed by atoms with Crippen LogP contribution in [0.4, 0.5) is 0 Å². The smallest absolute Gasteiger partial charge is 0.227 e. The highest BCUT2D eigenvalue weighted by molar-refractivity contribution is 7.99. The van der Waals surface area contributed by atoms with E-state index >= 15 is 0 Å². The zero-order valence-electron chi connectivity index (χ0n) is 12.8. The van der Waals surface area contributed by atoms with Gasteiger partial charge in [0.15, 0.2) is 0 Å². The average Bonchev–Trinajstić information content (AvgIpc) is 2.92. The first-order valence-electron chi connectivity index (χ1n) is 7.71. The summed E-state index contributed by atoms with van der Waals surface area (Å²) >= 11 is 3.82. The molecular formula is C18H21NOS2. The largest absolute Gasteiger partial charge is 0.342 e. The molecule has 0 bridgehead atoms. The maximum atomic E-state index is 12.5. The highest BCUT2D eigenvalue weighted by Gasteiger charge is 2.22. The summed E-state index contributed by atoms with van der Waals surface area (Å²) in [5.74, 6) is 1.29. The van der Waals surface area contributed by atoms with Crippen LogP contribution in [-0.4, -0.2) is 29.6 Å². The maximum Gasteiger partial charge on any atom is 0.227 e. The number of hydrogen-bond acceptors (Lipinski definition) is 3. The highest BCUT2D eigenvalue weighted by Crippen LogP contribution is 2.36. The number of thioether (sulfide) groups is 1. The number of hydrogen-bond donors (Lipinski definition) is 0. The predicted octanol–water partition coefficient (Wildman–Crippen LogP) is 4.31. The number of rotatable bonds is 3. The molecule has 1 amide bonds. The van der Waals surface area contributed by atoms with Gasteiger partial charge in [0, 0.05) is 29.0 Å². The molecule has 0 saturated carbocycles. The first kappa shape index (κ1) is 15.6. The number of carbonyl (C=O) groups is 1. The van der Waals surface area contributed by atoms with E-state index in [0.29, 0.717) is 11.7 Å². The lowest BCUT2D eigenvalue weighted by Gasteiger charge is -2.20. The van der Waals surface area contributed by atoms with Crippen LogP contribution in [0.5, 0.6) is 0 Å². The molecule has 1 aliphatic heterocycles. The van der Waals surface area contributed by atoms with Crippen LogP contribution in [0.1, 0.15) is 27.7 Å². The van der Waals surface area contributed by atoms with Crippen molar-refractivity contribution in [3.63, 3.8) is 0 Å². The zero-order valence-corrected chi connectivity index (χ0v) is 14.5. The molecule has 1 saturated heterocycles. The van der Waals surface area contributed by atoms with Crippen LogP contribution in [0, 0.1) is 6.92 Å². The van der Waals surface area contributed by atoms with Gasteiger partial charge in [0.25, 0.3) is 0 Å². The van der Waals surface area contributed by atoms with Gasteiger partial charge in [-0.2, -0.15) is 11.8 Å². The SMILES string of the molecule is Cc1cccc(CC(=O)N2CCSC(c3cccs3)CC2)c1. The lowest BCUT2D eigenvalue weighted by molar-refractivity contribution is -0.130. The second-order valence-electron chi connectivity index (χ2n) is 5.71. The molecule has 116 valence electrons. The Morgan fingerprint density at radius 2 is 2.18 bits per heavy atom. The van der Waals surface area contributed by atoms with Crippen molar-refractivity contribution in [2.45, 2.75) is 25.0 Å². The number of benzene rings is 1. The minimum atomic E-state index is 0.262. The Balaban J connectivity index is 1.59. The Labute approximate surface area is 140 Å². The molecule has 0 aliphatic carbocycles. The van der Waals surface area contributed by atoms with Crippen LogP contribution in [0.15, 0.2) is 41.8 Å². The first-order chi connectivity index (χ1) is 10.7. The van der Waals surface area contributed by atoms with Crippen molar-refractivity contribution >= 4 is 29.0 Å². The van der Waals surface area contributed by atoms with Gasteiger partial charge in [0.2, 0.25) is 5.91 Å². The number of amides is 1. The molecule has 1 atom stereocenters. The van der Waals surface area contributed by atoms with E-state index in [1.165, 1.54) is 10.4 Å². The highest BCUT2D eigenvalue weighted by atomic mass is 32.2. The number of nitrogens with zero attached hydrogens (tertiary/aromatic N) is 1. The molecule has 2 nitrogen and oxygen atoms in total. The minimum absolute atomic E-state index is 0.262. The Bertz CT molecular complexity index is 624. The van der Waals surface area contributed by atoms with E-state index in [0.717, 1.165) is 30.8 Å². The van der Waals surface area contributed by atoms with E-state index in [-0.39, 0.29) is 5.91 Å². The molecule has 1 aliphatic rings. The molecular weight excluding hydrogens is 310 g/mol. The first-order valence-corrected chi connectivity index (χ1v) is 9.63. The van der Waals surface area contributed by atoms with Gasteiger partial charge < -0.3 is 4.90 Å². The molecule has 1 fully saturated rings. The molecule has 2 heterocycles. The van der Waals surface area contributed by atoms with Crippen molar-refractivity contribution in [1.29, 1.82) is 0 Å². The fourth-order valence-corrected chi connectivity index (χ4v) is 5.07. The Morgan fingerprint density at radius 1 is 1.27 bits per heavy atom. The summed E-state index contributed by atoms with van der Waals surface area (Å²) in [6.07, 6.45) is 1.58. The van der Waals surface area contributed by atoms with Gasteiger partial charge >= 0.3 is 0 Å². The normalized spacial score (nSPS) is 19.0. The molecule has 0 spiro atoms. The standard InChI is InChI=1S/C18H21NOS2/c1-14-4-2-5-15(12-14)13-18(20)19-8-7-17(22-11-9-19)16-6-3-10-21-16/h2-6,10,12,17H,7-9,11,13H2,1H3. The Hall–Kier alpha value is -1.26. The van der Waals surface area contributed by atoms with Gasteiger partial charge in [-0.25, -0.2) is 0 Å². The minimum Gasteiger partial charge on any atom is -0.342 e. The predicted molar refractivity (Wildman–Crippen MR) is 95.6 cm³/mol. The van der Waals surface area contributed by atoms with Crippen molar-refractivity contribution < 1.29 is 4.79 Å². The van der Waals surface area contributed by atoms with E-state index in [1.54, 1.807) is 0 Å². The quantitative estimate of drug-likeness (QED) is 0.835. The van der Waals surface area contributed by atoms with Crippen LogP contribution in [0.25, 0.3) is 0 Å². The molecule has 1 aromatic carbocycles. The van der Waals surface area contributed by atoms with E-state index in [2.05, 4.69) is 36.6 Å². The number of aryl methyl sites for hydroxylation is 1. The third kappa shape index (κ3) is 3.93.